The van der Waals surface area contributed by atoms with Gasteiger partial charge in [-0.3, -0.25) is 0 Å². The highest BCUT2D eigenvalue weighted by atomic mass is 16.5. The molecule has 0 bridgehead atoms. The molecule has 0 saturated heterocycles. The molecule has 0 spiro atoms. The molecule has 0 aliphatic heterocycles. The molecule has 0 heterocycles. The number of carbonyl (C=O) groups excluding carboxylic acids is 1. The number of benzene rings is 1. The van der Waals surface area contributed by atoms with E-state index in [1.54, 1.807) is 13.0 Å². The molecule has 1 N–H and O–H groups in total. The summed E-state index contributed by atoms with van der Waals surface area (Å²) in [5.74, 6) is -0.395. The molecule has 1 aromatic carbocycles. The molecule has 0 amide bonds. The van der Waals surface area contributed by atoms with E-state index in [0.29, 0.717) is 5.57 Å². The van der Waals surface area contributed by atoms with Gasteiger partial charge in [0.1, 0.15) is 6.61 Å². The molecule has 1 rings (SSSR count). The molecular formula is C12H14O3. The first kappa shape index (κ1) is 11.5. The molecule has 0 atom stereocenters. The third-order valence-corrected chi connectivity index (χ3v) is 1.83. The van der Waals surface area contributed by atoms with Crippen molar-refractivity contribution in [3.63, 3.8) is 0 Å². The van der Waals surface area contributed by atoms with Crippen molar-refractivity contribution in [2.45, 2.75) is 6.92 Å². The second-order valence-corrected chi connectivity index (χ2v) is 3.10. The monoisotopic (exact) mass is 206 g/mol. The minimum Gasteiger partial charge on any atom is -0.460 e. The standard InChI is InChI=1S/C12H14O3/c1-10(12(14)15-8-7-13)9-11-5-3-2-4-6-11/h2-6,9,13H,7-8H2,1H3. The number of esters is 1. The van der Waals surface area contributed by atoms with Gasteiger partial charge in [-0.25, -0.2) is 4.79 Å². The molecule has 80 valence electrons. The quantitative estimate of drug-likeness (QED) is 0.601. The predicted molar refractivity (Wildman–Crippen MR) is 58.1 cm³/mol. The van der Waals surface area contributed by atoms with Crippen LogP contribution in [0.2, 0.25) is 0 Å². The number of aliphatic hydroxyl groups is 1. The Hall–Kier alpha value is -1.61. The van der Waals surface area contributed by atoms with Crippen LogP contribution in [0.25, 0.3) is 6.08 Å². The number of hydrogen-bond acceptors (Lipinski definition) is 3. The van der Waals surface area contributed by atoms with Gasteiger partial charge in [0.15, 0.2) is 0 Å². The van der Waals surface area contributed by atoms with Gasteiger partial charge in [-0.05, 0) is 18.6 Å². The first-order chi connectivity index (χ1) is 7.24. The van der Waals surface area contributed by atoms with E-state index < -0.39 is 5.97 Å². The Kier molecular flexibility index (Phi) is 4.57. The molecule has 1 aromatic rings. The molecule has 0 aromatic heterocycles. The van der Waals surface area contributed by atoms with Gasteiger partial charge in [0.2, 0.25) is 0 Å². The van der Waals surface area contributed by atoms with Crippen molar-refractivity contribution in [3.8, 4) is 0 Å². The van der Waals surface area contributed by atoms with Gasteiger partial charge in [0.25, 0.3) is 0 Å². The van der Waals surface area contributed by atoms with Crippen molar-refractivity contribution in [2.24, 2.45) is 0 Å². The fourth-order valence-corrected chi connectivity index (χ4v) is 1.11. The first-order valence-corrected chi connectivity index (χ1v) is 4.75. The van der Waals surface area contributed by atoms with E-state index in [1.807, 2.05) is 30.3 Å². The van der Waals surface area contributed by atoms with Gasteiger partial charge in [-0.2, -0.15) is 0 Å². The van der Waals surface area contributed by atoms with E-state index in [4.69, 9.17) is 9.84 Å². The Morgan fingerprint density at radius 3 is 2.67 bits per heavy atom. The fourth-order valence-electron chi connectivity index (χ4n) is 1.11. The average molecular weight is 206 g/mol. The number of rotatable bonds is 4. The Morgan fingerprint density at radius 1 is 1.40 bits per heavy atom. The summed E-state index contributed by atoms with van der Waals surface area (Å²) in [6, 6.07) is 9.53. The fraction of sp³-hybridized carbons (Fsp3) is 0.250. The van der Waals surface area contributed by atoms with Crippen molar-refractivity contribution in [2.75, 3.05) is 13.2 Å². The summed E-state index contributed by atoms with van der Waals surface area (Å²) < 4.78 is 4.77. The minimum absolute atomic E-state index is 0.0405. The second-order valence-electron chi connectivity index (χ2n) is 3.10. The van der Waals surface area contributed by atoms with E-state index in [2.05, 4.69) is 0 Å². The lowest BCUT2D eigenvalue weighted by molar-refractivity contribution is -0.139. The number of hydrogen-bond donors (Lipinski definition) is 1. The Balaban J connectivity index is 2.63. The zero-order chi connectivity index (χ0) is 11.1. The molecule has 15 heavy (non-hydrogen) atoms. The highest BCUT2D eigenvalue weighted by Gasteiger charge is 2.04. The van der Waals surface area contributed by atoms with Crippen LogP contribution in [0.3, 0.4) is 0 Å². The summed E-state index contributed by atoms with van der Waals surface area (Å²) >= 11 is 0. The predicted octanol–water partition coefficient (Wildman–Crippen LogP) is 1.63. The molecule has 0 unspecified atom stereocenters. The van der Waals surface area contributed by atoms with Crippen molar-refractivity contribution < 1.29 is 14.6 Å². The zero-order valence-electron chi connectivity index (χ0n) is 8.64. The number of ether oxygens (including phenoxy) is 1. The maximum absolute atomic E-state index is 11.3. The molecule has 3 heteroatoms. The summed E-state index contributed by atoms with van der Waals surface area (Å²) in [5, 5.41) is 8.49. The lowest BCUT2D eigenvalue weighted by Gasteiger charge is -2.02. The molecule has 0 fully saturated rings. The number of aliphatic hydroxyl groups excluding tert-OH is 1. The highest BCUT2D eigenvalue weighted by Crippen LogP contribution is 2.07. The highest BCUT2D eigenvalue weighted by molar-refractivity contribution is 5.92. The van der Waals surface area contributed by atoms with E-state index in [9.17, 15) is 4.79 Å². The zero-order valence-corrected chi connectivity index (χ0v) is 8.64. The van der Waals surface area contributed by atoms with Gasteiger partial charge in [-0.15, -0.1) is 0 Å². The van der Waals surface area contributed by atoms with E-state index in [0.717, 1.165) is 5.56 Å². The molecular weight excluding hydrogens is 192 g/mol. The van der Waals surface area contributed by atoms with E-state index in [-0.39, 0.29) is 13.2 Å². The summed E-state index contributed by atoms with van der Waals surface area (Å²) in [7, 11) is 0. The van der Waals surface area contributed by atoms with Gasteiger partial charge in [-0.1, -0.05) is 30.3 Å². The van der Waals surface area contributed by atoms with Crippen molar-refractivity contribution in [3.05, 3.63) is 41.5 Å². The molecule has 0 saturated carbocycles. The van der Waals surface area contributed by atoms with E-state index in [1.165, 1.54) is 0 Å². The molecule has 3 nitrogen and oxygen atoms in total. The van der Waals surface area contributed by atoms with Crippen LogP contribution in [0.5, 0.6) is 0 Å². The van der Waals surface area contributed by atoms with Crippen LogP contribution in [0.15, 0.2) is 35.9 Å². The molecule has 0 radical (unpaired) electrons. The molecule has 0 aliphatic rings. The van der Waals surface area contributed by atoms with Gasteiger partial charge >= 0.3 is 5.97 Å². The average Bonchev–Trinajstić information content (AvgIpc) is 2.27. The first-order valence-electron chi connectivity index (χ1n) is 4.75. The SMILES string of the molecule is CC(=Cc1ccccc1)C(=O)OCCO. The van der Waals surface area contributed by atoms with Crippen LogP contribution in [0.4, 0.5) is 0 Å². The third kappa shape index (κ3) is 3.95. The largest absolute Gasteiger partial charge is 0.460 e. The number of carbonyl (C=O) groups is 1. The van der Waals surface area contributed by atoms with E-state index >= 15 is 0 Å². The summed E-state index contributed by atoms with van der Waals surface area (Å²) in [4.78, 5) is 11.3. The van der Waals surface area contributed by atoms with Crippen molar-refractivity contribution in [1.29, 1.82) is 0 Å². The Labute approximate surface area is 89.0 Å². The third-order valence-electron chi connectivity index (χ3n) is 1.83. The van der Waals surface area contributed by atoms with Crippen LogP contribution in [0.1, 0.15) is 12.5 Å². The van der Waals surface area contributed by atoms with Gasteiger partial charge in [0.05, 0.1) is 6.61 Å². The van der Waals surface area contributed by atoms with Crippen LogP contribution in [-0.2, 0) is 9.53 Å². The summed E-state index contributed by atoms with van der Waals surface area (Å²) in [6.45, 7) is 1.58. The summed E-state index contributed by atoms with van der Waals surface area (Å²) in [5.41, 5.74) is 1.48. The van der Waals surface area contributed by atoms with Crippen molar-refractivity contribution in [1.82, 2.24) is 0 Å². The van der Waals surface area contributed by atoms with Crippen LogP contribution >= 0.6 is 0 Å². The molecule has 0 aliphatic carbocycles. The minimum atomic E-state index is -0.395. The second kappa shape index (κ2) is 5.98. The topological polar surface area (TPSA) is 46.5 Å². The van der Waals surface area contributed by atoms with Crippen molar-refractivity contribution >= 4 is 12.0 Å². The van der Waals surface area contributed by atoms with Crippen LogP contribution in [-0.4, -0.2) is 24.3 Å². The van der Waals surface area contributed by atoms with Gasteiger partial charge < -0.3 is 9.84 Å². The maximum Gasteiger partial charge on any atom is 0.333 e. The normalized spacial score (nSPS) is 11.2. The van der Waals surface area contributed by atoms with Crippen LogP contribution < -0.4 is 0 Å². The Bertz CT molecular complexity index is 341. The van der Waals surface area contributed by atoms with Crippen LogP contribution in [0, 0.1) is 0 Å². The lowest BCUT2D eigenvalue weighted by atomic mass is 10.1. The summed E-state index contributed by atoms with van der Waals surface area (Å²) in [6.07, 6.45) is 1.75. The maximum atomic E-state index is 11.3. The van der Waals surface area contributed by atoms with Gasteiger partial charge in [0, 0.05) is 5.57 Å². The smallest absolute Gasteiger partial charge is 0.333 e. The lowest BCUT2D eigenvalue weighted by Crippen LogP contribution is -2.09. The Morgan fingerprint density at radius 2 is 2.07 bits per heavy atom.